The molecule has 0 aliphatic carbocycles. The molecule has 2 heterocycles. The van der Waals surface area contributed by atoms with Gasteiger partial charge in [-0.15, -0.1) is 0 Å². The third-order valence-electron chi connectivity index (χ3n) is 22.1. The number of hydrogen-bond donors (Lipinski definition) is 32. The number of amides is 16. The molecule has 16 amide bonds. The summed E-state index contributed by atoms with van der Waals surface area (Å²) < 4.78 is 0. The maximum Gasteiger partial charge on any atom is 0.326 e. The second kappa shape index (κ2) is 62.2. The van der Waals surface area contributed by atoms with Crippen molar-refractivity contribution >= 4 is 142 Å². The van der Waals surface area contributed by atoms with Crippen molar-refractivity contribution in [3.05, 3.63) is 48.0 Å². The topological polar surface area (TPSA) is 904 Å². The second-order valence-corrected chi connectivity index (χ2v) is 36.9. The largest absolute Gasteiger partial charge is 0.508 e. The Hall–Kier alpha value is -15.1. The number of aromatic amines is 1. The Morgan fingerprint density at radius 2 is 0.785 bits per heavy atom. The molecule has 2 aromatic rings. The Morgan fingerprint density at radius 1 is 0.410 bits per heavy atom. The number of nitrogens with two attached hydrogens (primary N) is 4. The van der Waals surface area contributed by atoms with Crippen molar-refractivity contribution in [2.45, 2.75) is 295 Å². The van der Waals surface area contributed by atoms with E-state index in [2.05, 4.69) is 100 Å². The lowest BCUT2D eigenvalue weighted by atomic mass is 9.98. The molecule has 55 nitrogen and oxygen atoms in total. The normalized spacial score (nSPS) is 15.3. The quantitative estimate of drug-likeness (QED) is 0.0166. The van der Waals surface area contributed by atoms with Crippen molar-refractivity contribution in [2.75, 3.05) is 32.7 Å². The summed E-state index contributed by atoms with van der Waals surface area (Å²) in [5, 5.41) is 126. The SMILES string of the molecule is CC(C)C[C@H](NC(=O)[C@H](CC(=O)O)NC(=O)[C@H](C)NC(=O)[C@H](Cc1ccc(O)cc1)NC(=O)CNC(=O)[C@H](CCCNC(=N)N)NC(=O)[C@H](CC(C)C)NC(=O)[C@H](CCCNC(=N)N)NC(=O)[C@H](CC(C)C)NC(=O)[C@@H](NC(=O)[C@H](CC(C)C)NC(=O)[C@@H](N)Cc1cnc[nH]1)C(C)C)C(=O)N[C@@H](CCCNC(=N)N)C(=O)N[C@@H](CCC(=O)O)C(=O)N[C@@H](CC(=O)O)C(=O)N1CCC[C@H]1C(=O)N[C@@H](CC(=O)O)C(=O)O. The summed E-state index contributed by atoms with van der Waals surface area (Å²) in [5.41, 5.74) is 23.6. The highest BCUT2D eigenvalue weighted by Crippen LogP contribution is 2.23. The molecule has 144 heavy (non-hydrogen) atoms. The van der Waals surface area contributed by atoms with Gasteiger partial charge in [-0.05, 0) is 138 Å². The van der Waals surface area contributed by atoms with Crippen molar-refractivity contribution in [3.63, 3.8) is 0 Å². The molecule has 1 aliphatic rings. The number of rotatable bonds is 66. The van der Waals surface area contributed by atoms with Crippen LogP contribution in [0.15, 0.2) is 36.8 Å². The molecule has 0 bridgehead atoms. The predicted octanol–water partition coefficient (Wildman–Crippen LogP) is -6.85. The highest BCUT2D eigenvalue weighted by molar-refractivity contribution is 6.02. The third kappa shape index (κ3) is 47.0. The van der Waals surface area contributed by atoms with Crippen molar-refractivity contribution < 1.29 is 131 Å². The van der Waals surface area contributed by atoms with Gasteiger partial charge in [-0.3, -0.25) is 112 Å². The highest BCUT2D eigenvalue weighted by atomic mass is 16.4. The van der Waals surface area contributed by atoms with E-state index in [1.54, 1.807) is 55.4 Å². The molecule has 0 saturated carbocycles. The zero-order valence-electron chi connectivity index (χ0n) is 82.5. The monoisotopic (exact) mass is 2040 g/mol. The molecule has 1 aromatic heterocycles. The Kier molecular flexibility index (Phi) is 53.2. The number of guanidine groups is 3. The Labute approximate surface area is 830 Å². The van der Waals surface area contributed by atoms with E-state index >= 15 is 0 Å². The van der Waals surface area contributed by atoms with Gasteiger partial charge in [0.15, 0.2) is 17.9 Å². The van der Waals surface area contributed by atoms with Gasteiger partial charge >= 0.3 is 29.8 Å². The zero-order valence-corrected chi connectivity index (χ0v) is 82.5. The van der Waals surface area contributed by atoms with E-state index in [0.717, 1.165) is 11.8 Å². The number of aliphatic carboxylic acids is 5. The molecule has 0 radical (unpaired) electrons. The van der Waals surface area contributed by atoms with Crippen LogP contribution >= 0.6 is 0 Å². The number of benzene rings is 1. The van der Waals surface area contributed by atoms with Crippen molar-refractivity contribution in [3.8, 4) is 5.75 Å². The van der Waals surface area contributed by atoms with Crippen LogP contribution in [-0.4, -0.2) is 317 Å². The van der Waals surface area contributed by atoms with Gasteiger partial charge in [0.2, 0.25) is 94.5 Å². The Morgan fingerprint density at radius 3 is 1.19 bits per heavy atom. The van der Waals surface area contributed by atoms with Crippen LogP contribution < -0.4 is 119 Å². The zero-order chi connectivity index (χ0) is 109. The minimum absolute atomic E-state index is 0.00632. The van der Waals surface area contributed by atoms with E-state index < -0.39 is 302 Å². The minimum Gasteiger partial charge on any atom is -0.508 e. The molecule has 3 rings (SSSR count). The number of nitrogens with one attached hydrogen (secondary N) is 22. The smallest absolute Gasteiger partial charge is 0.326 e. The van der Waals surface area contributed by atoms with E-state index in [0.29, 0.717) is 5.69 Å². The average Bonchev–Trinajstić information content (AvgIpc) is 1.67. The highest BCUT2D eigenvalue weighted by Gasteiger charge is 2.44. The van der Waals surface area contributed by atoms with Crippen molar-refractivity contribution in [2.24, 2.45) is 52.5 Å². The van der Waals surface area contributed by atoms with Gasteiger partial charge in [-0.25, -0.2) is 9.78 Å². The van der Waals surface area contributed by atoms with Crippen molar-refractivity contribution in [1.82, 2.24) is 111 Å². The first kappa shape index (κ1) is 123. The number of imidazole rings is 1. The number of aromatic hydroxyl groups is 1. The lowest BCUT2D eigenvalue weighted by Crippen LogP contribution is -2.61. The van der Waals surface area contributed by atoms with E-state index in [-0.39, 0.29) is 132 Å². The molecular weight excluding hydrogens is 1890 g/mol. The summed E-state index contributed by atoms with van der Waals surface area (Å²) in [5.74, 6) is -28.7. The van der Waals surface area contributed by atoms with Gasteiger partial charge < -0.3 is 159 Å². The van der Waals surface area contributed by atoms with Gasteiger partial charge in [0.05, 0.1) is 38.2 Å². The number of phenols is 1. The predicted molar refractivity (Wildman–Crippen MR) is 514 cm³/mol. The van der Waals surface area contributed by atoms with Gasteiger partial charge in [0.25, 0.3) is 0 Å². The number of carboxylic acid groups (broad SMARTS) is 5. The molecule has 0 unspecified atom stereocenters. The van der Waals surface area contributed by atoms with Crippen LogP contribution in [-0.2, 0) is 114 Å². The summed E-state index contributed by atoms with van der Waals surface area (Å²) in [4.78, 5) is 296. The average molecular weight is 2040 g/mol. The lowest BCUT2D eigenvalue weighted by Gasteiger charge is -2.30. The van der Waals surface area contributed by atoms with Gasteiger partial charge in [-0.2, -0.15) is 0 Å². The van der Waals surface area contributed by atoms with Crippen LogP contribution in [0.2, 0.25) is 0 Å². The summed E-state index contributed by atoms with van der Waals surface area (Å²) in [7, 11) is 0. The molecule has 55 heteroatoms. The number of hydrogen-bond acceptors (Lipinski definition) is 27. The molecule has 802 valence electrons. The first-order valence-corrected chi connectivity index (χ1v) is 47.1. The lowest BCUT2D eigenvalue weighted by molar-refractivity contribution is -0.149. The Balaban J connectivity index is 1.95. The van der Waals surface area contributed by atoms with E-state index in [1.165, 1.54) is 36.8 Å². The molecule has 1 saturated heterocycles. The van der Waals surface area contributed by atoms with Gasteiger partial charge in [0.1, 0.15) is 96.4 Å². The number of carbonyl (C=O) groups is 21. The minimum atomic E-state index is -2.09. The fraction of sp³-hybridized carbons (Fsp3) is 0.629. The number of H-pyrrole nitrogens is 1. The molecular formula is C89H144N28O27. The molecule has 1 fully saturated rings. The number of aromatic nitrogens is 2. The van der Waals surface area contributed by atoms with Crippen LogP contribution in [0.4, 0.5) is 0 Å². The van der Waals surface area contributed by atoms with Crippen LogP contribution in [0, 0.1) is 45.8 Å². The molecule has 1 aromatic carbocycles. The number of nitrogens with zero attached hydrogens (tertiary/aromatic N) is 2. The van der Waals surface area contributed by atoms with Crippen LogP contribution in [0.1, 0.15) is 197 Å². The fourth-order valence-electron chi connectivity index (χ4n) is 14.9. The van der Waals surface area contributed by atoms with Crippen molar-refractivity contribution in [1.29, 1.82) is 16.2 Å². The molecule has 16 atom stereocenters. The first-order chi connectivity index (χ1) is 67.4. The van der Waals surface area contributed by atoms with Gasteiger partial charge in [-0.1, -0.05) is 81.4 Å². The molecule has 0 spiro atoms. The van der Waals surface area contributed by atoms with Crippen LogP contribution in [0.3, 0.4) is 0 Å². The van der Waals surface area contributed by atoms with Gasteiger partial charge in [0, 0.05) is 57.3 Å². The number of carbonyl (C=O) groups excluding carboxylic acids is 16. The molecule has 36 N–H and O–H groups in total. The third-order valence-corrected chi connectivity index (χ3v) is 22.1. The van der Waals surface area contributed by atoms with E-state index in [9.17, 15) is 131 Å². The Bertz CT molecular complexity index is 4770. The number of carboxylic acids is 5. The summed E-state index contributed by atoms with van der Waals surface area (Å²) in [6.45, 7) is 16.8. The van der Waals surface area contributed by atoms with Crippen LogP contribution in [0.5, 0.6) is 5.75 Å². The second-order valence-electron chi connectivity index (χ2n) is 36.9. The summed E-state index contributed by atoms with van der Waals surface area (Å²) in [6.07, 6.45) is -3.69. The van der Waals surface area contributed by atoms with Crippen LogP contribution in [0.25, 0.3) is 0 Å². The summed E-state index contributed by atoms with van der Waals surface area (Å²) >= 11 is 0. The van der Waals surface area contributed by atoms with E-state index in [1.807, 2.05) is 19.2 Å². The maximum atomic E-state index is 14.8. The number of phenolic OH excluding ortho intramolecular Hbond substituents is 1. The van der Waals surface area contributed by atoms with E-state index in [4.69, 9.17) is 39.2 Å². The standard InChI is InChI=1S/C89H144N28O27/c1-42(2)30-56(111-75(132)54(18-14-28-100-89(95)96)107-80(137)58(32-44(5)6)113-84(141)70(46(9)10)116-82(139)59(33-45(7)8)110-72(129)51(90)35-49-39-97-41-102-49)78(135)105-52(16-12-26-98-87(91)92)73(130)101-40-65(119)104-60(34-48-20-22-50(118)23-21-48)77(134)103-47(11)71(128)109-61(36-67(122)123)81(138)112-57(31-43(3)4)79(136)106-53(17-13-27-99-88(93)94)74(131)108-55(24-25-66(120)121)76(133)114-62(37-68(124)125)85(142)117-29-15-19-64(117)83(140)115-63(86(143)144)38-69(126)127/h20-23,39,41-47,51-64,70,118H,12-19,24-38,40,90H2,1-11H3,(H,97,102)(H,101,130)(H,103,134)(H,104,119)(H,105,135)(H,106,136)(H,107,137)(H,108,131)(H,109,128)(H,110,129)(H,111,132)(H,112,138)(H,113,141)(H,114,133)(H,115,140)(H,116,139)(H,120,121)(H,122,123)(H,124,125)(H,126,127)(H,143,144)(H4,91,92,98)(H4,93,94,99)(H4,95,96,100)/t47-,51-,52-,53-,54-,55-,56-,57-,58-,59-,60-,61-,62-,63-,64-,70-/m0/s1. The number of likely N-dealkylation sites (tertiary alicyclic amines) is 1. The summed E-state index contributed by atoms with van der Waals surface area (Å²) in [6, 6.07) is -20.7. The first-order valence-electron chi connectivity index (χ1n) is 47.1. The maximum absolute atomic E-state index is 14.8. The fourth-order valence-corrected chi connectivity index (χ4v) is 14.9. The molecule has 1 aliphatic heterocycles.